The van der Waals surface area contributed by atoms with Gasteiger partial charge in [0.15, 0.2) is 11.6 Å². The number of hydrogen-bond acceptors (Lipinski definition) is 4. The fourth-order valence-corrected chi connectivity index (χ4v) is 3.31. The number of ether oxygens (including phenoxy) is 1. The van der Waals surface area contributed by atoms with Gasteiger partial charge in [0.05, 0.1) is 5.75 Å². The molecule has 0 atom stereocenters. The van der Waals surface area contributed by atoms with Gasteiger partial charge in [-0.1, -0.05) is 0 Å². The summed E-state index contributed by atoms with van der Waals surface area (Å²) in [5.41, 5.74) is -0.0828. The van der Waals surface area contributed by atoms with E-state index >= 15 is 0 Å². The fraction of sp³-hybridized carbons (Fsp3) is 0.562. The van der Waals surface area contributed by atoms with E-state index in [9.17, 15) is 13.6 Å². The summed E-state index contributed by atoms with van der Waals surface area (Å²) >= 11 is 1.19. The Morgan fingerprint density at radius 3 is 2.61 bits per heavy atom. The molecule has 1 amide bonds. The van der Waals surface area contributed by atoms with Crippen LogP contribution in [0.25, 0.3) is 0 Å². The molecule has 1 aliphatic rings. The lowest BCUT2D eigenvalue weighted by molar-refractivity contribution is -0.119. The van der Waals surface area contributed by atoms with Crippen LogP contribution in [0.3, 0.4) is 0 Å². The van der Waals surface area contributed by atoms with Gasteiger partial charge in [0.1, 0.15) is 0 Å². The summed E-state index contributed by atoms with van der Waals surface area (Å²) in [7, 11) is 4.01. The number of rotatable bonds is 6. The smallest absolute Gasteiger partial charge is 0.230 e. The first-order valence-electron chi connectivity index (χ1n) is 7.53. The van der Waals surface area contributed by atoms with Crippen LogP contribution in [0, 0.1) is 11.6 Å². The van der Waals surface area contributed by atoms with E-state index < -0.39 is 11.6 Å². The lowest BCUT2D eigenvalue weighted by Crippen LogP contribution is -2.55. The largest absolute Gasteiger partial charge is 0.381 e. The van der Waals surface area contributed by atoms with E-state index in [2.05, 4.69) is 10.2 Å². The summed E-state index contributed by atoms with van der Waals surface area (Å²) in [6, 6.07) is 3.64. The van der Waals surface area contributed by atoms with Crippen LogP contribution in [0.2, 0.25) is 0 Å². The zero-order valence-corrected chi connectivity index (χ0v) is 14.2. The molecule has 0 aliphatic carbocycles. The van der Waals surface area contributed by atoms with Crippen molar-refractivity contribution in [2.75, 3.05) is 39.6 Å². The van der Waals surface area contributed by atoms with E-state index in [4.69, 9.17) is 4.74 Å². The van der Waals surface area contributed by atoms with Gasteiger partial charge in [-0.15, -0.1) is 11.8 Å². The van der Waals surface area contributed by atoms with Crippen LogP contribution in [0.4, 0.5) is 8.78 Å². The maximum absolute atomic E-state index is 13.1. The van der Waals surface area contributed by atoms with E-state index in [1.54, 1.807) is 0 Å². The maximum atomic E-state index is 13.1. The standard InChI is InChI=1S/C16H22F2N2O2S/c1-20(2)16(5-7-22-8-6-16)11-19-15(21)10-23-12-3-4-13(17)14(18)9-12/h3-4,9H,5-8,10-11H2,1-2H3,(H,19,21). The highest BCUT2D eigenvalue weighted by atomic mass is 32.2. The Morgan fingerprint density at radius 1 is 1.30 bits per heavy atom. The average Bonchev–Trinajstić information content (AvgIpc) is 2.54. The van der Waals surface area contributed by atoms with Crippen molar-refractivity contribution < 1.29 is 18.3 Å². The number of carbonyl (C=O) groups excluding carboxylic acids is 1. The topological polar surface area (TPSA) is 41.6 Å². The first-order valence-corrected chi connectivity index (χ1v) is 8.51. The maximum Gasteiger partial charge on any atom is 0.230 e. The second-order valence-corrected chi connectivity index (χ2v) is 6.92. The predicted molar refractivity (Wildman–Crippen MR) is 86.6 cm³/mol. The van der Waals surface area contributed by atoms with Crippen LogP contribution < -0.4 is 5.32 Å². The number of carbonyl (C=O) groups is 1. The fourth-order valence-electron chi connectivity index (χ4n) is 2.56. The predicted octanol–water partition coefficient (Wildman–Crippen LogP) is 2.28. The molecule has 0 radical (unpaired) electrons. The molecule has 1 aromatic rings. The van der Waals surface area contributed by atoms with Gasteiger partial charge in [-0.2, -0.15) is 0 Å². The second-order valence-electron chi connectivity index (χ2n) is 5.87. The molecule has 4 nitrogen and oxygen atoms in total. The average molecular weight is 344 g/mol. The third kappa shape index (κ3) is 4.89. The van der Waals surface area contributed by atoms with Gasteiger partial charge in [-0.3, -0.25) is 4.79 Å². The number of thioether (sulfide) groups is 1. The Labute approximate surface area is 139 Å². The Kier molecular flexibility index (Phi) is 6.38. The summed E-state index contributed by atoms with van der Waals surface area (Å²) in [5.74, 6) is -1.73. The molecule has 0 bridgehead atoms. The Morgan fingerprint density at radius 2 is 2.00 bits per heavy atom. The van der Waals surface area contributed by atoms with Gasteiger partial charge in [0, 0.05) is 30.2 Å². The van der Waals surface area contributed by atoms with Gasteiger partial charge in [0.2, 0.25) is 5.91 Å². The van der Waals surface area contributed by atoms with Gasteiger partial charge in [-0.25, -0.2) is 8.78 Å². The minimum Gasteiger partial charge on any atom is -0.381 e. The van der Waals surface area contributed by atoms with Crippen molar-refractivity contribution in [3.8, 4) is 0 Å². The molecule has 7 heteroatoms. The van der Waals surface area contributed by atoms with Crippen molar-refractivity contribution in [2.45, 2.75) is 23.3 Å². The minimum absolute atomic E-state index is 0.0828. The summed E-state index contributed by atoms with van der Waals surface area (Å²) in [5, 5.41) is 2.95. The van der Waals surface area contributed by atoms with E-state index in [0.29, 0.717) is 24.7 Å². The molecule has 1 saturated heterocycles. The van der Waals surface area contributed by atoms with Crippen molar-refractivity contribution >= 4 is 17.7 Å². The Balaban J connectivity index is 1.83. The van der Waals surface area contributed by atoms with Crippen LogP contribution in [0.1, 0.15) is 12.8 Å². The lowest BCUT2D eigenvalue weighted by atomic mass is 9.88. The lowest BCUT2D eigenvalue weighted by Gasteiger charge is -2.42. The molecule has 1 N–H and O–H groups in total. The van der Waals surface area contributed by atoms with E-state index in [1.807, 2.05) is 14.1 Å². The Hall–Kier alpha value is -1.18. The molecule has 0 aromatic heterocycles. The molecule has 1 aromatic carbocycles. The third-order valence-corrected chi connectivity index (χ3v) is 5.24. The van der Waals surface area contributed by atoms with Crippen LogP contribution >= 0.6 is 11.8 Å². The van der Waals surface area contributed by atoms with Gasteiger partial charge in [0.25, 0.3) is 0 Å². The third-order valence-electron chi connectivity index (χ3n) is 4.25. The molecule has 0 spiro atoms. The van der Waals surface area contributed by atoms with Gasteiger partial charge in [-0.05, 0) is 45.1 Å². The minimum atomic E-state index is -0.899. The summed E-state index contributed by atoms with van der Waals surface area (Å²) < 4.78 is 31.4. The van der Waals surface area contributed by atoms with E-state index in [-0.39, 0.29) is 17.2 Å². The van der Waals surface area contributed by atoms with Crippen molar-refractivity contribution in [3.63, 3.8) is 0 Å². The summed E-state index contributed by atoms with van der Waals surface area (Å²) in [4.78, 5) is 14.7. The first-order chi connectivity index (χ1) is 10.9. The zero-order chi connectivity index (χ0) is 16.9. The van der Waals surface area contributed by atoms with Crippen molar-refractivity contribution in [3.05, 3.63) is 29.8 Å². The van der Waals surface area contributed by atoms with Crippen molar-refractivity contribution in [2.24, 2.45) is 0 Å². The zero-order valence-electron chi connectivity index (χ0n) is 13.4. The molecule has 1 heterocycles. The highest BCUT2D eigenvalue weighted by molar-refractivity contribution is 8.00. The molecule has 23 heavy (non-hydrogen) atoms. The first kappa shape index (κ1) is 18.2. The molecule has 1 aliphatic heterocycles. The van der Waals surface area contributed by atoms with Crippen LogP contribution in [0.5, 0.6) is 0 Å². The molecule has 0 unspecified atom stereocenters. The number of amides is 1. The number of nitrogens with zero attached hydrogens (tertiary/aromatic N) is 1. The second kappa shape index (κ2) is 8.08. The highest BCUT2D eigenvalue weighted by Crippen LogP contribution is 2.25. The van der Waals surface area contributed by atoms with E-state index in [0.717, 1.165) is 25.0 Å². The highest BCUT2D eigenvalue weighted by Gasteiger charge is 2.34. The SMILES string of the molecule is CN(C)C1(CNC(=O)CSc2ccc(F)c(F)c2)CCOCC1. The normalized spacial score (nSPS) is 17.3. The molecular formula is C16H22F2N2O2S. The Bertz CT molecular complexity index is 549. The van der Waals surface area contributed by atoms with Crippen molar-refractivity contribution in [1.82, 2.24) is 10.2 Å². The van der Waals surface area contributed by atoms with E-state index in [1.165, 1.54) is 17.8 Å². The molecule has 128 valence electrons. The number of likely N-dealkylation sites (N-methyl/N-ethyl adjacent to an activating group) is 1. The summed E-state index contributed by atoms with van der Waals surface area (Å²) in [6.07, 6.45) is 1.74. The monoisotopic (exact) mass is 344 g/mol. The molecule has 0 saturated carbocycles. The van der Waals surface area contributed by atoms with Gasteiger partial charge >= 0.3 is 0 Å². The molecule has 2 rings (SSSR count). The van der Waals surface area contributed by atoms with Crippen LogP contribution in [-0.2, 0) is 9.53 Å². The number of benzene rings is 1. The number of nitrogens with one attached hydrogen (secondary N) is 1. The van der Waals surface area contributed by atoms with Gasteiger partial charge < -0.3 is 15.0 Å². The van der Waals surface area contributed by atoms with Crippen molar-refractivity contribution in [1.29, 1.82) is 0 Å². The number of halogens is 2. The summed E-state index contributed by atoms with van der Waals surface area (Å²) in [6.45, 7) is 1.94. The van der Waals surface area contributed by atoms with Crippen LogP contribution in [-0.4, -0.2) is 56.0 Å². The molecular weight excluding hydrogens is 322 g/mol. The molecule has 1 fully saturated rings. The number of hydrogen-bond donors (Lipinski definition) is 1. The van der Waals surface area contributed by atoms with Crippen LogP contribution in [0.15, 0.2) is 23.1 Å². The quantitative estimate of drug-likeness (QED) is 0.804.